The lowest BCUT2D eigenvalue weighted by Gasteiger charge is -2.34. The number of amides is 2. The number of hydrogen-bond donors (Lipinski definition) is 1. The first-order valence-electron chi connectivity index (χ1n) is 15.5. The number of sulfonamides is 1. The summed E-state index contributed by atoms with van der Waals surface area (Å²) in [7, 11) is -4.21. The zero-order valence-electron chi connectivity index (χ0n) is 26.4. The molecule has 248 valence electrons. The summed E-state index contributed by atoms with van der Waals surface area (Å²) in [4.78, 5) is 29.9. The van der Waals surface area contributed by atoms with Gasteiger partial charge in [0.2, 0.25) is 11.8 Å². The van der Waals surface area contributed by atoms with Crippen molar-refractivity contribution in [3.8, 4) is 5.75 Å². The molecule has 4 aromatic carbocycles. The number of carbonyl (C=O) groups is 2. The number of rotatable bonds is 16. The number of ether oxygens (including phenoxy) is 1. The second-order valence-corrected chi connectivity index (χ2v) is 14.6. The number of unbranched alkanes of at least 4 members (excludes halogenated alkanes) is 1. The Morgan fingerprint density at radius 1 is 0.809 bits per heavy atom. The normalized spacial score (nSPS) is 11.8. The molecule has 2 amide bonds. The van der Waals surface area contributed by atoms with Crippen LogP contribution in [0.4, 0.5) is 5.69 Å². The molecule has 0 aliphatic heterocycles. The van der Waals surface area contributed by atoms with Crippen molar-refractivity contribution in [3.63, 3.8) is 0 Å². The topological polar surface area (TPSA) is 96.0 Å². The van der Waals surface area contributed by atoms with Gasteiger partial charge in [-0.2, -0.15) is 0 Å². The highest BCUT2D eigenvalue weighted by Crippen LogP contribution is 2.28. The maximum absolute atomic E-state index is 14.6. The lowest BCUT2D eigenvalue weighted by Crippen LogP contribution is -2.53. The van der Waals surface area contributed by atoms with Crippen molar-refractivity contribution in [2.24, 2.45) is 0 Å². The zero-order chi connectivity index (χ0) is 33.8. The molecule has 0 aromatic heterocycles. The van der Waals surface area contributed by atoms with Crippen molar-refractivity contribution in [1.29, 1.82) is 0 Å². The van der Waals surface area contributed by atoms with Gasteiger partial charge in [-0.1, -0.05) is 87.7 Å². The average molecular weight is 786 g/mol. The molecule has 1 N–H and O–H groups in total. The molecule has 0 aliphatic carbocycles. The predicted molar refractivity (Wildman–Crippen MR) is 193 cm³/mol. The molecule has 0 bridgehead atoms. The van der Waals surface area contributed by atoms with Crippen LogP contribution in [0.25, 0.3) is 0 Å². The fraction of sp³-hybridized carbons (Fsp3) is 0.278. The van der Waals surface area contributed by atoms with Crippen LogP contribution in [-0.2, 0) is 32.6 Å². The highest BCUT2D eigenvalue weighted by molar-refractivity contribution is 9.10. The Morgan fingerprint density at radius 3 is 2.02 bits per heavy atom. The van der Waals surface area contributed by atoms with Crippen LogP contribution < -0.4 is 14.4 Å². The van der Waals surface area contributed by atoms with Gasteiger partial charge in [-0.25, -0.2) is 8.42 Å². The van der Waals surface area contributed by atoms with Crippen molar-refractivity contribution in [3.05, 3.63) is 123 Å². The van der Waals surface area contributed by atoms with Crippen LogP contribution in [0.5, 0.6) is 5.75 Å². The summed E-state index contributed by atoms with van der Waals surface area (Å²) in [5.74, 6) is -0.239. The average Bonchev–Trinajstić information content (AvgIpc) is 3.07. The smallest absolute Gasteiger partial charge is 0.264 e. The van der Waals surface area contributed by atoms with E-state index in [9.17, 15) is 18.0 Å². The first-order valence-corrected chi connectivity index (χ1v) is 18.5. The van der Waals surface area contributed by atoms with Gasteiger partial charge in [0.15, 0.2) is 0 Å². The summed E-state index contributed by atoms with van der Waals surface area (Å²) < 4.78 is 36.7. The summed E-state index contributed by atoms with van der Waals surface area (Å²) in [6, 6.07) is 28.9. The van der Waals surface area contributed by atoms with Crippen LogP contribution in [0.1, 0.15) is 37.8 Å². The van der Waals surface area contributed by atoms with E-state index in [1.807, 2.05) is 68.4 Å². The van der Waals surface area contributed by atoms with Crippen LogP contribution in [-0.4, -0.2) is 50.9 Å². The summed E-state index contributed by atoms with van der Waals surface area (Å²) in [5, 5.41) is 3.01. The first-order chi connectivity index (χ1) is 22.6. The molecule has 0 saturated carbocycles. The van der Waals surface area contributed by atoms with Gasteiger partial charge in [-0.05, 0) is 85.1 Å². The van der Waals surface area contributed by atoms with Crippen LogP contribution >= 0.6 is 31.9 Å². The minimum Gasteiger partial charge on any atom is -0.494 e. The molecule has 0 fully saturated rings. The molecule has 4 rings (SSSR count). The van der Waals surface area contributed by atoms with Crippen molar-refractivity contribution in [2.75, 3.05) is 24.0 Å². The van der Waals surface area contributed by atoms with Gasteiger partial charge in [0.1, 0.15) is 18.3 Å². The molecule has 0 heterocycles. The third-order valence-electron chi connectivity index (χ3n) is 7.48. The SMILES string of the molecule is CCCCNC(=O)[C@H](Cc1ccccc1)N(Cc1ccc(Br)cc1)C(=O)CN(c1ccc(OCC)cc1)S(=O)(=O)c1ccc(Br)cc1. The van der Waals surface area contributed by atoms with Gasteiger partial charge < -0.3 is 15.0 Å². The van der Waals surface area contributed by atoms with E-state index >= 15 is 0 Å². The van der Waals surface area contributed by atoms with E-state index in [2.05, 4.69) is 37.2 Å². The van der Waals surface area contributed by atoms with Gasteiger partial charge in [0, 0.05) is 28.5 Å². The van der Waals surface area contributed by atoms with Crippen molar-refractivity contribution in [1.82, 2.24) is 10.2 Å². The molecule has 0 radical (unpaired) electrons. The summed E-state index contributed by atoms with van der Waals surface area (Å²) in [5.41, 5.74) is 1.97. The second kappa shape index (κ2) is 17.5. The maximum Gasteiger partial charge on any atom is 0.264 e. The van der Waals surface area contributed by atoms with Gasteiger partial charge in [-0.15, -0.1) is 0 Å². The summed E-state index contributed by atoms with van der Waals surface area (Å²) in [6.07, 6.45) is 1.95. The highest BCUT2D eigenvalue weighted by Gasteiger charge is 2.34. The van der Waals surface area contributed by atoms with Crippen molar-refractivity contribution < 1.29 is 22.7 Å². The maximum atomic E-state index is 14.6. The molecule has 1 atom stereocenters. The number of nitrogens with zero attached hydrogens (tertiary/aromatic N) is 2. The van der Waals surface area contributed by atoms with Crippen LogP contribution in [0.2, 0.25) is 0 Å². The monoisotopic (exact) mass is 783 g/mol. The van der Waals surface area contributed by atoms with Crippen LogP contribution in [0.15, 0.2) is 117 Å². The molecular weight excluding hydrogens is 746 g/mol. The van der Waals surface area contributed by atoms with Gasteiger partial charge in [0.05, 0.1) is 17.2 Å². The molecule has 0 unspecified atom stereocenters. The third-order valence-corrected chi connectivity index (χ3v) is 10.3. The van der Waals surface area contributed by atoms with E-state index < -0.39 is 28.5 Å². The molecule has 0 spiro atoms. The number of nitrogens with one attached hydrogen (secondary N) is 1. The first kappa shape index (κ1) is 36.2. The number of benzene rings is 4. The lowest BCUT2D eigenvalue weighted by atomic mass is 10.0. The fourth-order valence-corrected chi connectivity index (χ4v) is 6.93. The predicted octanol–water partition coefficient (Wildman–Crippen LogP) is 7.36. The Labute approximate surface area is 294 Å². The van der Waals surface area contributed by atoms with E-state index in [-0.39, 0.29) is 23.8 Å². The second-order valence-electron chi connectivity index (χ2n) is 10.9. The molecule has 47 heavy (non-hydrogen) atoms. The van der Waals surface area contributed by atoms with Gasteiger partial charge in [0.25, 0.3) is 10.0 Å². The van der Waals surface area contributed by atoms with E-state index in [1.54, 1.807) is 36.4 Å². The standard InChI is InChI=1S/C36H39Br2N3O5S/c1-3-5-23-39-36(43)34(24-27-9-7-6-8-10-27)40(25-28-11-13-29(37)14-12-28)35(42)26-41(31-17-19-32(20-18-31)46-4-2)47(44,45)33-21-15-30(38)16-22-33/h6-22,34H,3-5,23-26H2,1-2H3,(H,39,43)/t34-/m0/s1. The molecule has 8 nitrogen and oxygen atoms in total. The minimum absolute atomic E-state index is 0.0278. The number of carbonyl (C=O) groups excluding carboxylic acids is 2. The van der Waals surface area contributed by atoms with Crippen molar-refractivity contribution in [2.45, 2.75) is 50.6 Å². The Bertz CT molecular complexity index is 1700. The third kappa shape index (κ3) is 10.2. The van der Waals surface area contributed by atoms with Crippen LogP contribution in [0, 0.1) is 0 Å². The molecule has 0 saturated heterocycles. The Hall–Kier alpha value is -3.67. The minimum atomic E-state index is -4.21. The quantitative estimate of drug-likeness (QED) is 0.120. The largest absolute Gasteiger partial charge is 0.494 e. The zero-order valence-corrected chi connectivity index (χ0v) is 30.4. The van der Waals surface area contributed by atoms with Crippen LogP contribution in [0.3, 0.4) is 0 Å². The number of anilines is 1. The van der Waals surface area contributed by atoms with Crippen molar-refractivity contribution >= 4 is 59.4 Å². The number of hydrogen-bond acceptors (Lipinski definition) is 5. The van der Waals surface area contributed by atoms with Gasteiger partial charge in [-0.3, -0.25) is 13.9 Å². The Morgan fingerprint density at radius 2 is 1.43 bits per heavy atom. The van der Waals surface area contributed by atoms with E-state index in [1.165, 1.54) is 17.0 Å². The van der Waals surface area contributed by atoms with Gasteiger partial charge >= 0.3 is 0 Å². The molecule has 4 aromatic rings. The van der Waals surface area contributed by atoms with E-state index in [0.717, 1.165) is 37.2 Å². The molecule has 11 heteroatoms. The Kier molecular flexibility index (Phi) is 13.4. The number of halogens is 2. The Balaban J connectivity index is 1.78. The van der Waals surface area contributed by atoms with E-state index in [4.69, 9.17) is 4.74 Å². The van der Waals surface area contributed by atoms with E-state index in [0.29, 0.717) is 24.6 Å². The lowest BCUT2D eigenvalue weighted by molar-refractivity contribution is -0.140. The highest BCUT2D eigenvalue weighted by atomic mass is 79.9. The summed E-state index contributed by atoms with van der Waals surface area (Å²) in [6.45, 7) is 4.39. The summed E-state index contributed by atoms with van der Waals surface area (Å²) >= 11 is 6.83. The molecular formula is C36H39Br2N3O5S. The molecule has 0 aliphatic rings. The fourth-order valence-electron chi connectivity index (χ4n) is 4.98.